The molecule has 208 valence electrons. The molecule has 2 heterocycles. The summed E-state index contributed by atoms with van der Waals surface area (Å²) in [5.41, 5.74) is 7.24. The molecular formula is C38H36BNO2. The van der Waals surface area contributed by atoms with Gasteiger partial charge in [-0.3, -0.25) is 0 Å². The van der Waals surface area contributed by atoms with E-state index in [2.05, 4.69) is 65.8 Å². The molecule has 0 N–H and O–H groups in total. The van der Waals surface area contributed by atoms with Crippen molar-refractivity contribution in [3.05, 3.63) is 120 Å². The van der Waals surface area contributed by atoms with E-state index >= 15 is 0 Å². The third-order valence-electron chi connectivity index (χ3n) is 8.29. The molecule has 7 rings (SSSR count). The SMILES string of the molecule is [2H]c1c2c3c(c([2H])c1N(c1ccccc1)c1ccccc1)Oc1ccc(C(C)(C)C)cc1B3c1cc(C(C)(C)C)ccc1O2. The summed E-state index contributed by atoms with van der Waals surface area (Å²) in [6, 6.07) is 32.9. The Hall–Kier alpha value is -4.44. The number of para-hydroxylation sites is 2. The van der Waals surface area contributed by atoms with Gasteiger partial charge in [-0.15, -0.1) is 0 Å². The highest BCUT2D eigenvalue weighted by molar-refractivity contribution is 6.98. The normalized spacial score (nSPS) is 14.0. The third-order valence-corrected chi connectivity index (χ3v) is 8.29. The zero-order valence-corrected chi connectivity index (χ0v) is 25.1. The fourth-order valence-corrected chi connectivity index (χ4v) is 5.95. The summed E-state index contributed by atoms with van der Waals surface area (Å²) in [5.74, 6) is 2.35. The minimum atomic E-state index is -0.235. The van der Waals surface area contributed by atoms with Crippen molar-refractivity contribution in [1.29, 1.82) is 0 Å². The Kier molecular flexibility index (Phi) is 5.50. The van der Waals surface area contributed by atoms with Gasteiger partial charge in [0.15, 0.2) is 0 Å². The fourth-order valence-electron chi connectivity index (χ4n) is 5.95. The Bertz CT molecular complexity index is 1780. The fraction of sp³-hybridized carbons (Fsp3) is 0.211. The second-order valence-electron chi connectivity index (χ2n) is 13.3. The number of anilines is 3. The first-order valence-corrected chi connectivity index (χ1v) is 14.7. The van der Waals surface area contributed by atoms with E-state index in [1.54, 1.807) is 0 Å². The monoisotopic (exact) mass is 551 g/mol. The smallest absolute Gasteiger partial charge is 0.260 e. The number of hydrogen-bond acceptors (Lipinski definition) is 3. The molecule has 0 aliphatic carbocycles. The van der Waals surface area contributed by atoms with Crippen LogP contribution in [0.15, 0.2) is 109 Å². The maximum Gasteiger partial charge on any atom is 0.260 e. The molecule has 0 spiro atoms. The summed E-state index contributed by atoms with van der Waals surface area (Å²) >= 11 is 0. The lowest BCUT2D eigenvalue weighted by Crippen LogP contribution is -2.57. The maximum absolute atomic E-state index is 9.65. The molecule has 0 bridgehead atoms. The Morgan fingerprint density at radius 2 is 0.976 bits per heavy atom. The van der Waals surface area contributed by atoms with Crippen molar-refractivity contribution in [2.24, 2.45) is 0 Å². The lowest BCUT2D eigenvalue weighted by molar-refractivity contribution is 0.464. The van der Waals surface area contributed by atoms with E-state index in [9.17, 15) is 2.74 Å². The molecule has 0 unspecified atom stereocenters. The van der Waals surface area contributed by atoms with Gasteiger partial charge in [0.05, 0.1) is 8.43 Å². The average molecular weight is 552 g/mol. The first-order valence-electron chi connectivity index (χ1n) is 15.7. The van der Waals surface area contributed by atoms with Crippen molar-refractivity contribution >= 4 is 40.2 Å². The molecular weight excluding hydrogens is 513 g/mol. The molecule has 5 aromatic rings. The molecule has 2 aliphatic heterocycles. The van der Waals surface area contributed by atoms with Crippen LogP contribution >= 0.6 is 0 Å². The molecule has 0 radical (unpaired) electrons. The van der Waals surface area contributed by atoms with Crippen LogP contribution in [0, 0.1) is 0 Å². The van der Waals surface area contributed by atoms with Crippen LogP contribution < -0.4 is 30.8 Å². The first kappa shape index (κ1) is 24.2. The van der Waals surface area contributed by atoms with Crippen molar-refractivity contribution in [3.63, 3.8) is 0 Å². The Labute approximate surface area is 252 Å². The molecule has 3 nitrogen and oxygen atoms in total. The van der Waals surface area contributed by atoms with Crippen LogP contribution in [0.5, 0.6) is 23.0 Å². The minimum Gasteiger partial charge on any atom is -0.458 e. The number of hydrogen-bond donors (Lipinski definition) is 0. The Morgan fingerprint density at radius 3 is 1.38 bits per heavy atom. The summed E-state index contributed by atoms with van der Waals surface area (Å²) in [4.78, 5) is 1.96. The van der Waals surface area contributed by atoms with Gasteiger partial charge in [-0.05, 0) is 69.3 Å². The van der Waals surface area contributed by atoms with Gasteiger partial charge in [0.2, 0.25) is 0 Å². The second kappa shape index (κ2) is 9.56. The van der Waals surface area contributed by atoms with E-state index in [0.29, 0.717) is 17.2 Å². The highest BCUT2D eigenvalue weighted by atomic mass is 16.5. The lowest BCUT2D eigenvalue weighted by atomic mass is 9.34. The molecule has 5 aromatic carbocycles. The van der Waals surface area contributed by atoms with Crippen molar-refractivity contribution in [2.45, 2.75) is 52.4 Å². The Morgan fingerprint density at radius 1 is 0.548 bits per heavy atom. The minimum absolute atomic E-state index is 0.0592. The number of ether oxygens (including phenoxy) is 2. The van der Waals surface area contributed by atoms with Gasteiger partial charge in [0.25, 0.3) is 6.71 Å². The molecule has 0 atom stereocenters. The highest BCUT2D eigenvalue weighted by Crippen LogP contribution is 2.43. The van der Waals surface area contributed by atoms with Gasteiger partial charge in [-0.25, -0.2) is 0 Å². The van der Waals surface area contributed by atoms with E-state index in [4.69, 9.17) is 9.47 Å². The largest absolute Gasteiger partial charge is 0.458 e. The van der Waals surface area contributed by atoms with Crippen LogP contribution in [0.3, 0.4) is 0 Å². The zero-order chi connectivity index (χ0) is 31.0. The van der Waals surface area contributed by atoms with Crippen molar-refractivity contribution in [2.75, 3.05) is 4.90 Å². The molecule has 0 saturated heterocycles. The molecule has 2 aliphatic rings. The van der Waals surface area contributed by atoms with E-state index in [-0.39, 0.29) is 29.6 Å². The maximum atomic E-state index is 9.65. The highest BCUT2D eigenvalue weighted by Gasteiger charge is 2.41. The van der Waals surface area contributed by atoms with Crippen LogP contribution in [0.25, 0.3) is 0 Å². The quantitative estimate of drug-likeness (QED) is 0.206. The number of benzene rings is 5. The van der Waals surface area contributed by atoms with Gasteiger partial charge in [0, 0.05) is 28.9 Å². The van der Waals surface area contributed by atoms with Crippen LogP contribution in [0.2, 0.25) is 0 Å². The van der Waals surface area contributed by atoms with Gasteiger partial charge in [-0.2, -0.15) is 0 Å². The van der Waals surface area contributed by atoms with E-state index in [1.165, 1.54) is 11.1 Å². The van der Waals surface area contributed by atoms with Gasteiger partial charge >= 0.3 is 0 Å². The van der Waals surface area contributed by atoms with E-state index < -0.39 is 0 Å². The molecule has 0 amide bonds. The van der Waals surface area contributed by atoms with Crippen LogP contribution in [0.1, 0.15) is 55.4 Å². The molecule has 0 aromatic heterocycles. The number of rotatable bonds is 3. The third kappa shape index (κ3) is 4.46. The predicted molar refractivity (Wildman–Crippen MR) is 176 cm³/mol. The summed E-state index contributed by atoms with van der Waals surface area (Å²) in [6.45, 7) is 13.0. The molecule has 0 fully saturated rings. The van der Waals surface area contributed by atoms with Crippen molar-refractivity contribution in [1.82, 2.24) is 0 Å². The average Bonchev–Trinajstić information content (AvgIpc) is 3.00. The van der Waals surface area contributed by atoms with Crippen molar-refractivity contribution < 1.29 is 12.2 Å². The number of nitrogens with zero attached hydrogens (tertiary/aromatic N) is 1. The summed E-state index contributed by atoms with van der Waals surface area (Å²) in [6.07, 6.45) is 0. The lowest BCUT2D eigenvalue weighted by Gasteiger charge is -2.36. The predicted octanol–water partition coefficient (Wildman–Crippen LogP) is 8.48. The Balaban J connectivity index is 1.53. The molecule has 42 heavy (non-hydrogen) atoms. The van der Waals surface area contributed by atoms with Crippen molar-refractivity contribution in [3.8, 4) is 23.0 Å². The van der Waals surface area contributed by atoms with E-state index in [1.807, 2.05) is 77.7 Å². The number of fused-ring (bicyclic) bond motifs is 4. The first-order chi connectivity index (χ1) is 20.9. The van der Waals surface area contributed by atoms with E-state index in [0.717, 1.165) is 39.3 Å². The van der Waals surface area contributed by atoms with Gasteiger partial charge in [-0.1, -0.05) is 102 Å². The van der Waals surface area contributed by atoms with Gasteiger partial charge < -0.3 is 14.4 Å². The summed E-state index contributed by atoms with van der Waals surface area (Å²) < 4.78 is 32.6. The van der Waals surface area contributed by atoms with Crippen LogP contribution in [-0.2, 0) is 10.8 Å². The van der Waals surface area contributed by atoms with Gasteiger partial charge in [0.1, 0.15) is 23.0 Å². The zero-order valence-electron chi connectivity index (χ0n) is 27.1. The summed E-state index contributed by atoms with van der Waals surface area (Å²) in [5, 5.41) is 0. The standard InChI is InChI=1S/C38H36BNO2/c1-37(2,3)25-17-19-32-30(21-25)39-31-22-26(38(4,5)6)18-20-33(31)42-35-24-29(23-34(41-32)36(35)39)40(27-13-9-7-10-14-27)28-15-11-8-12-16-28/h7-24H,1-6H3/i23D,24D. The molecule has 4 heteroatoms. The topological polar surface area (TPSA) is 21.7 Å². The van der Waals surface area contributed by atoms with Crippen LogP contribution in [-0.4, -0.2) is 6.71 Å². The second-order valence-corrected chi connectivity index (χ2v) is 13.3. The molecule has 0 saturated carbocycles. The summed E-state index contributed by atoms with van der Waals surface area (Å²) in [7, 11) is 0. The van der Waals surface area contributed by atoms with Crippen LogP contribution in [0.4, 0.5) is 17.1 Å².